The molecule has 57 heavy (non-hydrogen) atoms. The molecule has 12 rings (SSSR count). The molecule has 1 unspecified atom stereocenters. The molecule has 1 spiro atoms. The molecule has 0 N–H and O–H groups in total. The Kier molecular flexibility index (Phi) is 6.91. The molecule has 0 saturated heterocycles. The second kappa shape index (κ2) is 12.3. The Morgan fingerprint density at radius 1 is 0.439 bits per heavy atom. The van der Waals surface area contributed by atoms with Crippen LogP contribution in [0.25, 0.3) is 78.1 Å². The predicted octanol–water partition coefficient (Wildman–Crippen LogP) is 13.2. The summed E-state index contributed by atoms with van der Waals surface area (Å²) in [7, 11) is 0. The average Bonchev–Trinajstić information content (AvgIpc) is 3.76. The molecular weight excluding hydrogens is 691 g/mol. The highest BCUT2D eigenvalue weighted by Crippen LogP contribution is 2.63. The van der Waals surface area contributed by atoms with Crippen LogP contribution in [0, 0.1) is 0 Å². The van der Waals surface area contributed by atoms with E-state index in [4.69, 9.17) is 9.97 Å². The molecule has 9 aromatic rings. The summed E-state index contributed by atoms with van der Waals surface area (Å²) in [4.78, 5) is 10.4. The Bertz CT molecular complexity index is 3130. The normalized spacial score (nSPS) is 16.2. The first-order chi connectivity index (χ1) is 28.3. The van der Waals surface area contributed by atoms with Gasteiger partial charge in [0.15, 0.2) is 5.82 Å². The summed E-state index contributed by atoms with van der Waals surface area (Å²) in [5, 5.41) is 2.43. The molecule has 0 bridgehead atoms. The predicted molar refractivity (Wildman–Crippen MR) is 234 cm³/mol. The van der Waals surface area contributed by atoms with Gasteiger partial charge in [0.25, 0.3) is 0 Å². The third-order valence-electron chi connectivity index (χ3n) is 12.2. The van der Waals surface area contributed by atoms with Crippen LogP contribution in [0.5, 0.6) is 0 Å². The number of allylic oxidation sites excluding steroid dienone is 6. The van der Waals surface area contributed by atoms with Gasteiger partial charge in [0.05, 0.1) is 27.8 Å². The first kappa shape index (κ1) is 31.9. The summed E-state index contributed by atoms with van der Waals surface area (Å²) in [6, 6.07) is 63.6. The molecule has 0 radical (unpaired) electrons. The van der Waals surface area contributed by atoms with Crippen LogP contribution in [0.1, 0.15) is 28.7 Å². The van der Waals surface area contributed by atoms with Crippen molar-refractivity contribution in [1.82, 2.24) is 14.5 Å². The first-order valence-corrected chi connectivity index (χ1v) is 19.7. The van der Waals surface area contributed by atoms with E-state index in [9.17, 15) is 0 Å². The molecule has 1 atom stereocenters. The van der Waals surface area contributed by atoms with E-state index in [2.05, 4.69) is 193 Å². The first-order valence-electron chi connectivity index (χ1n) is 19.7. The monoisotopic (exact) mass is 725 g/mol. The maximum absolute atomic E-state index is 5.22. The number of para-hydroxylation sites is 1. The molecule has 0 amide bonds. The van der Waals surface area contributed by atoms with Gasteiger partial charge in [-0.2, -0.15) is 0 Å². The highest BCUT2D eigenvalue weighted by molar-refractivity contribution is 6.13. The van der Waals surface area contributed by atoms with E-state index < -0.39 is 5.41 Å². The standard InChI is InChI=1S/C54H35N3/c1-5-17-35(18-6-1)49-34-50(36-19-7-2-8-20-36)56-53(55-49)37-29-30-42-44-32-48-43(33-52(44)57(51(42)31-37)38-21-9-3-10-22-38)41-25-14-16-28-47(41)54(48)45-26-12-4-11-23-39(45)40-24-13-15-27-46(40)54/h1-3,5-34H,4H2. The Balaban J connectivity index is 1.15. The lowest BCUT2D eigenvalue weighted by atomic mass is 9.69. The van der Waals surface area contributed by atoms with Crippen molar-refractivity contribution >= 4 is 27.4 Å². The highest BCUT2D eigenvalue weighted by Gasteiger charge is 2.52. The lowest BCUT2D eigenvalue weighted by molar-refractivity contribution is 0.787. The van der Waals surface area contributed by atoms with E-state index in [1.54, 1.807) is 0 Å². The summed E-state index contributed by atoms with van der Waals surface area (Å²) in [5.74, 6) is 0.701. The van der Waals surface area contributed by atoms with E-state index in [1.807, 2.05) is 12.1 Å². The zero-order valence-corrected chi connectivity index (χ0v) is 31.1. The average molecular weight is 726 g/mol. The number of hydrogen-bond donors (Lipinski definition) is 0. The van der Waals surface area contributed by atoms with E-state index in [-0.39, 0.29) is 0 Å². The van der Waals surface area contributed by atoms with Gasteiger partial charge >= 0.3 is 0 Å². The molecular formula is C54H35N3. The third-order valence-corrected chi connectivity index (χ3v) is 12.2. The van der Waals surface area contributed by atoms with Crippen molar-refractivity contribution in [3.8, 4) is 50.7 Å². The van der Waals surface area contributed by atoms with Crippen molar-refractivity contribution in [1.29, 1.82) is 0 Å². The topological polar surface area (TPSA) is 30.7 Å². The van der Waals surface area contributed by atoms with E-state index >= 15 is 0 Å². The smallest absolute Gasteiger partial charge is 0.160 e. The Morgan fingerprint density at radius 3 is 1.75 bits per heavy atom. The van der Waals surface area contributed by atoms with Gasteiger partial charge in [-0.1, -0.05) is 164 Å². The fraction of sp³-hybridized carbons (Fsp3) is 0.0370. The largest absolute Gasteiger partial charge is 0.309 e. The molecule has 3 aliphatic carbocycles. The molecule has 0 fully saturated rings. The van der Waals surface area contributed by atoms with Gasteiger partial charge in [-0.15, -0.1) is 0 Å². The number of rotatable bonds is 4. The Morgan fingerprint density at radius 2 is 1.04 bits per heavy atom. The summed E-state index contributed by atoms with van der Waals surface area (Å²) < 4.78 is 2.43. The van der Waals surface area contributed by atoms with Crippen molar-refractivity contribution in [3.63, 3.8) is 0 Å². The van der Waals surface area contributed by atoms with E-state index in [0.29, 0.717) is 5.82 Å². The Hall–Kier alpha value is -7.36. The summed E-state index contributed by atoms with van der Waals surface area (Å²) >= 11 is 0. The zero-order valence-electron chi connectivity index (χ0n) is 31.1. The van der Waals surface area contributed by atoms with Gasteiger partial charge in [0.2, 0.25) is 0 Å². The van der Waals surface area contributed by atoms with Crippen molar-refractivity contribution in [2.75, 3.05) is 0 Å². The second-order valence-corrected chi connectivity index (χ2v) is 15.2. The highest BCUT2D eigenvalue weighted by atomic mass is 15.0. The molecule has 2 heterocycles. The van der Waals surface area contributed by atoms with Crippen LogP contribution < -0.4 is 0 Å². The van der Waals surface area contributed by atoms with Crippen LogP contribution in [0.3, 0.4) is 0 Å². The van der Waals surface area contributed by atoms with Crippen LogP contribution in [0.4, 0.5) is 0 Å². The number of benzene rings is 7. The minimum atomic E-state index is -0.419. The zero-order chi connectivity index (χ0) is 37.5. The lowest BCUT2D eigenvalue weighted by Crippen LogP contribution is -2.26. The van der Waals surface area contributed by atoms with Gasteiger partial charge < -0.3 is 4.57 Å². The van der Waals surface area contributed by atoms with Gasteiger partial charge in [-0.05, 0) is 87.3 Å². The van der Waals surface area contributed by atoms with Crippen LogP contribution in [-0.2, 0) is 5.41 Å². The van der Waals surface area contributed by atoms with Gasteiger partial charge in [-0.3, -0.25) is 0 Å². The fourth-order valence-electron chi connectivity index (χ4n) is 9.83. The molecule has 3 nitrogen and oxygen atoms in total. The molecule has 0 aliphatic heterocycles. The summed E-state index contributed by atoms with van der Waals surface area (Å²) in [5.41, 5.74) is 18.5. The molecule has 2 aromatic heterocycles. The number of fused-ring (bicyclic) bond motifs is 12. The molecule has 266 valence electrons. The molecule has 0 saturated carbocycles. The summed E-state index contributed by atoms with van der Waals surface area (Å²) in [6.07, 6.45) is 10.3. The Labute approximate surface area is 331 Å². The van der Waals surface area contributed by atoms with Crippen molar-refractivity contribution in [2.45, 2.75) is 11.8 Å². The number of nitrogens with zero attached hydrogens (tertiary/aromatic N) is 3. The van der Waals surface area contributed by atoms with Crippen LogP contribution in [-0.4, -0.2) is 14.5 Å². The van der Waals surface area contributed by atoms with Crippen LogP contribution >= 0.6 is 0 Å². The maximum atomic E-state index is 5.22. The number of hydrogen-bond acceptors (Lipinski definition) is 2. The lowest BCUT2D eigenvalue weighted by Gasteiger charge is -2.31. The van der Waals surface area contributed by atoms with Gasteiger partial charge in [-0.25, -0.2) is 9.97 Å². The SMILES string of the molecule is C1=CC2=C(C=CC1)C1(c3ccccc32)c2ccccc2-c2cc3c(cc21)c1ccc(-c2nc(-c4ccccc4)cc(-c4ccccc4)n2)cc1n3-c1ccccc1. The van der Waals surface area contributed by atoms with Gasteiger partial charge in [0.1, 0.15) is 0 Å². The minimum absolute atomic E-state index is 0.419. The second-order valence-electron chi connectivity index (χ2n) is 15.2. The molecule has 3 heteroatoms. The molecule has 3 aliphatic rings. The van der Waals surface area contributed by atoms with Crippen molar-refractivity contribution < 1.29 is 0 Å². The van der Waals surface area contributed by atoms with E-state index in [0.717, 1.165) is 45.7 Å². The van der Waals surface area contributed by atoms with E-state index in [1.165, 1.54) is 60.8 Å². The van der Waals surface area contributed by atoms with Crippen molar-refractivity contribution in [3.05, 3.63) is 228 Å². The van der Waals surface area contributed by atoms with Crippen molar-refractivity contribution in [2.24, 2.45) is 0 Å². The number of aromatic nitrogens is 3. The third kappa shape index (κ3) is 4.60. The van der Waals surface area contributed by atoms with Gasteiger partial charge in [0, 0.05) is 33.2 Å². The quantitative estimate of drug-likeness (QED) is 0.181. The maximum Gasteiger partial charge on any atom is 0.160 e. The van der Waals surface area contributed by atoms with Crippen LogP contribution in [0.15, 0.2) is 206 Å². The molecule has 7 aromatic carbocycles. The minimum Gasteiger partial charge on any atom is -0.309 e. The fourth-order valence-corrected chi connectivity index (χ4v) is 9.83. The summed E-state index contributed by atoms with van der Waals surface area (Å²) in [6.45, 7) is 0. The van der Waals surface area contributed by atoms with Crippen LogP contribution in [0.2, 0.25) is 0 Å².